The molecule has 1 aliphatic carbocycles. The number of rotatable bonds is 6. The van der Waals surface area contributed by atoms with Crippen molar-refractivity contribution in [2.45, 2.75) is 37.8 Å². The maximum Gasteiger partial charge on any atom is 0.220 e. The molecular weight excluding hydrogens is 296 g/mol. The number of hydrogen-bond donors (Lipinski definition) is 2. The molecule has 0 bridgehead atoms. The molecule has 2 N–H and O–H groups in total. The second-order valence-corrected chi connectivity index (χ2v) is 6.79. The van der Waals surface area contributed by atoms with Crippen LogP contribution in [0.25, 0.3) is 0 Å². The monoisotopic (exact) mass is 316 g/mol. The minimum Gasteiger partial charge on any atom is -0.393 e. The predicted molar refractivity (Wildman–Crippen MR) is 86.5 cm³/mol. The number of aliphatic hydroxyl groups excluding tert-OH is 1. The molecule has 0 saturated heterocycles. The number of carbonyl (C=O) groups is 1. The first-order valence-electron chi connectivity index (χ1n) is 7.62. The summed E-state index contributed by atoms with van der Waals surface area (Å²) in [5, 5.41) is 14.7. The highest BCUT2D eigenvalue weighted by Crippen LogP contribution is 2.39. The van der Waals surface area contributed by atoms with E-state index in [9.17, 15) is 9.90 Å². The van der Waals surface area contributed by atoms with Crippen LogP contribution in [0, 0.1) is 5.92 Å². The molecule has 0 aromatic carbocycles. The summed E-state index contributed by atoms with van der Waals surface area (Å²) in [5.41, 5.74) is 1.07. The standard InChI is InChI=1S/C17H20N2O2S/c20-14-9-13(10-14)17(15-4-2-8-22-15)19-16(21)6-5-12-3-1-7-18-11-12/h1-4,7-8,11,13-14,17,20H,5-6,9-10H2,(H,19,21). The van der Waals surface area contributed by atoms with E-state index in [-0.39, 0.29) is 18.1 Å². The van der Waals surface area contributed by atoms with Gasteiger partial charge in [-0.3, -0.25) is 9.78 Å². The van der Waals surface area contributed by atoms with Gasteiger partial charge in [-0.2, -0.15) is 0 Å². The van der Waals surface area contributed by atoms with Crippen LogP contribution in [0.4, 0.5) is 0 Å². The van der Waals surface area contributed by atoms with E-state index in [0.717, 1.165) is 18.4 Å². The lowest BCUT2D eigenvalue weighted by Crippen LogP contribution is -2.41. The number of aromatic nitrogens is 1. The van der Waals surface area contributed by atoms with Crippen LogP contribution in [0.3, 0.4) is 0 Å². The van der Waals surface area contributed by atoms with Gasteiger partial charge >= 0.3 is 0 Å². The Kier molecular flexibility index (Phi) is 4.85. The van der Waals surface area contributed by atoms with Crippen LogP contribution in [-0.4, -0.2) is 22.1 Å². The van der Waals surface area contributed by atoms with E-state index >= 15 is 0 Å². The number of hydrogen-bond acceptors (Lipinski definition) is 4. The van der Waals surface area contributed by atoms with Crippen LogP contribution in [0.15, 0.2) is 42.0 Å². The number of aliphatic hydroxyl groups is 1. The zero-order valence-corrected chi connectivity index (χ0v) is 13.1. The molecule has 2 aromatic rings. The van der Waals surface area contributed by atoms with Crippen molar-refractivity contribution in [3.63, 3.8) is 0 Å². The van der Waals surface area contributed by atoms with Crippen molar-refractivity contribution in [2.75, 3.05) is 0 Å². The van der Waals surface area contributed by atoms with Gasteiger partial charge in [-0.1, -0.05) is 12.1 Å². The summed E-state index contributed by atoms with van der Waals surface area (Å²) in [5.74, 6) is 0.402. The fourth-order valence-corrected chi connectivity index (χ4v) is 3.71. The molecule has 1 amide bonds. The van der Waals surface area contributed by atoms with Crippen molar-refractivity contribution in [1.29, 1.82) is 0 Å². The van der Waals surface area contributed by atoms with E-state index < -0.39 is 0 Å². The maximum atomic E-state index is 12.3. The molecule has 0 radical (unpaired) electrons. The molecule has 2 aromatic heterocycles. The molecule has 2 heterocycles. The van der Waals surface area contributed by atoms with Crippen LogP contribution in [0.5, 0.6) is 0 Å². The first kappa shape index (κ1) is 15.2. The molecule has 1 fully saturated rings. The topological polar surface area (TPSA) is 62.2 Å². The Hall–Kier alpha value is -1.72. The second kappa shape index (κ2) is 7.03. The first-order valence-corrected chi connectivity index (χ1v) is 8.50. The van der Waals surface area contributed by atoms with Gasteiger partial charge in [0.2, 0.25) is 5.91 Å². The van der Waals surface area contributed by atoms with Gasteiger partial charge in [0.15, 0.2) is 0 Å². The number of aryl methyl sites for hydroxylation is 1. The van der Waals surface area contributed by atoms with Crippen molar-refractivity contribution in [1.82, 2.24) is 10.3 Å². The number of pyridine rings is 1. The van der Waals surface area contributed by atoms with Gasteiger partial charge in [-0.25, -0.2) is 0 Å². The van der Waals surface area contributed by atoms with Gasteiger partial charge in [0.05, 0.1) is 12.1 Å². The lowest BCUT2D eigenvalue weighted by Gasteiger charge is -2.37. The summed E-state index contributed by atoms with van der Waals surface area (Å²) in [6, 6.07) is 7.96. The Morgan fingerprint density at radius 2 is 2.27 bits per heavy atom. The van der Waals surface area contributed by atoms with E-state index in [1.165, 1.54) is 4.88 Å². The number of nitrogens with one attached hydrogen (secondary N) is 1. The van der Waals surface area contributed by atoms with Crippen LogP contribution in [0.2, 0.25) is 0 Å². The van der Waals surface area contributed by atoms with Crippen molar-refractivity contribution >= 4 is 17.2 Å². The number of carbonyl (C=O) groups excluding carboxylic acids is 1. The molecule has 4 nitrogen and oxygen atoms in total. The summed E-state index contributed by atoms with van der Waals surface area (Å²) < 4.78 is 0. The Labute approximate surface area is 134 Å². The van der Waals surface area contributed by atoms with Crippen LogP contribution in [-0.2, 0) is 11.2 Å². The smallest absolute Gasteiger partial charge is 0.220 e. The Morgan fingerprint density at radius 1 is 1.41 bits per heavy atom. The summed E-state index contributed by atoms with van der Waals surface area (Å²) in [6.45, 7) is 0. The van der Waals surface area contributed by atoms with Gasteiger partial charge < -0.3 is 10.4 Å². The van der Waals surface area contributed by atoms with Crippen molar-refractivity contribution in [2.24, 2.45) is 5.92 Å². The zero-order chi connectivity index (χ0) is 15.4. The van der Waals surface area contributed by atoms with E-state index in [0.29, 0.717) is 18.8 Å². The third-order valence-electron chi connectivity index (χ3n) is 4.15. The Bertz CT molecular complexity index is 594. The third-order valence-corrected chi connectivity index (χ3v) is 5.11. The van der Waals surface area contributed by atoms with Gasteiger partial charge in [-0.15, -0.1) is 11.3 Å². The lowest BCUT2D eigenvalue weighted by atomic mass is 9.76. The molecule has 5 heteroatoms. The molecular formula is C17H20N2O2S. The van der Waals surface area contributed by atoms with Crippen LogP contribution >= 0.6 is 11.3 Å². The highest BCUT2D eigenvalue weighted by molar-refractivity contribution is 7.10. The Morgan fingerprint density at radius 3 is 2.91 bits per heavy atom. The summed E-state index contributed by atoms with van der Waals surface area (Å²) in [6.07, 6.45) is 6.02. The fraction of sp³-hybridized carbons (Fsp3) is 0.412. The minimum absolute atomic E-state index is 0.0322. The maximum absolute atomic E-state index is 12.3. The first-order chi connectivity index (χ1) is 10.7. The normalized spacial score (nSPS) is 21.9. The SMILES string of the molecule is O=C(CCc1cccnc1)NC(c1cccs1)C1CC(O)C1. The third kappa shape index (κ3) is 3.72. The number of nitrogens with zero attached hydrogens (tertiary/aromatic N) is 1. The molecule has 1 aliphatic rings. The highest BCUT2D eigenvalue weighted by atomic mass is 32.1. The molecule has 1 saturated carbocycles. The van der Waals surface area contributed by atoms with Gasteiger partial charge in [-0.05, 0) is 48.3 Å². The molecule has 0 spiro atoms. The van der Waals surface area contributed by atoms with Crippen molar-refractivity contribution < 1.29 is 9.90 Å². The van der Waals surface area contributed by atoms with Gasteiger partial charge in [0.1, 0.15) is 0 Å². The van der Waals surface area contributed by atoms with Crippen LogP contribution in [0.1, 0.15) is 35.7 Å². The van der Waals surface area contributed by atoms with Crippen molar-refractivity contribution in [3.05, 3.63) is 52.5 Å². The summed E-state index contributed by atoms with van der Waals surface area (Å²) in [7, 11) is 0. The fourth-order valence-electron chi connectivity index (χ4n) is 2.84. The van der Waals surface area contributed by atoms with Gasteiger partial charge in [0.25, 0.3) is 0 Å². The summed E-state index contributed by atoms with van der Waals surface area (Å²) in [4.78, 5) is 17.5. The predicted octanol–water partition coefficient (Wildman–Crippen LogP) is 2.70. The van der Waals surface area contributed by atoms with Gasteiger partial charge in [0, 0.05) is 23.7 Å². The average Bonchev–Trinajstić information content (AvgIpc) is 3.03. The highest BCUT2D eigenvalue weighted by Gasteiger charge is 2.35. The van der Waals surface area contributed by atoms with E-state index in [1.54, 1.807) is 23.7 Å². The summed E-state index contributed by atoms with van der Waals surface area (Å²) >= 11 is 1.66. The van der Waals surface area contributed by atoms with E-state index in [2.05, 4.69) is 16.4 Å². The molecule has 116 valence electrons. The van der Waals surface area contributed by atoms with E-state index in [1.807, 2.05) is 23.6 Å². The molecule has 3 rings (SSSR count). The molecule has 0 aliphatic heterocycles. The minimum atomic E-state index is -0.209. The van der Waals surface area contributed by atoms with E-state index in [4.69, 9.17) is 0 Å². The Balaban J connectivity index is 1.57. The zero-order valence-electron chi connectivity index (χ0n) is 12.3. The molecule has 22 heavy (non-hydrogen) atoms. The largest absolute Gasteiger partial charge is 0.393 e. The van der Waals surface area contributed by atoms with Crippen LogP contribution < -0.4 is 5.32 Å². The number of thiophene rings is 1. The van der Waals surface area contributed by atoms with Crippen molar-refractivity contribution in [3.8, 4) is 0 Å². The molecule has 1 atom stereocenters. The second-order valence-electron chi connectivity index (χ2n) is 5.81. The quantitative estimate of drug-likeness (QED) is 0.861. The number of amides is 1. The molecule has 1 unspecified atom stereocenters. The lowest BCUT2D eigenvalue weighted by molar-refractivity contribution is -0.123. The average molecular weight is 316 g/mol.